The quantitative estimate of drug-likeness (QED) is 0.813. The van der Waals surface area contributed by atoms with E-state index in [1.807, 2.05) is 12.1 Å². The zero-order chi connectivity index (χ0) is 16.1. The molecule has 122 valence electrons. The first-order valence-electron chi connectivity index (χ1n) is 8.12. The van der Waals surface area contributed by atoms with E-state index in [9.17, 15) is 0 Å². The summed E-state index contributed by atoms with van der Waals surface area (Å²) in [6.07, 6.45) is 2.07. The molecule has 0 unspecified atom stereocenters. The van der Waals surface area contributed by atoms with Gasteiger partial charge in [0.1, 0.15) is 11.5 Å². The number of benzene rings is 2. The molecular formula is C20H24O3. The number of hydrogen-bond donors (Lipinski definition) is 0. The molecule has 1 aliphatic rings. The van der Waals surface area contributed by atoms with E-state index in [0.29, 0.717) is 11.8 Å². The Morgan fingerprint density at radius 2 is 1.30 bits per heavy atom. The van der Waals surface area contributed by atoms with Crippen LogP contribution >= 0.6 is 0 Å². The summed E-state index contributed by atoms with van der Waals surface area (Å²) in [5.41, 5.74) is 2.63. The summed E-state index contributed by atoms with van der Waals surface area (Å²) in [6.45, 7) is 1.68. The second kappa shape index (κ2) is 7.51. The summed E-state index contributed by atoms with van der Waals surface area (Å²) in [5.74, 6) is 2.94. The van der Waals surface area contributed by atoms with E-state index in [2.05, 4.69) is 36.4 Å². The normalized spacial score (nSPS) is 20.4. The van der Waals surface area contributed by atoms with Gasteiger partial charge in [0.05, 0.1) is 27.4 Å². The van der Waals surface area contributed by atoms with Crippen molar-refractivity contribution in [1.82, 2.24) is 0 Å². The highest BCUT2D eigenvalue weighted by molar-refractivity contribution is 5.30. The molecule has 1 heterocycles. The van der Waals surface area contributed by atoms with Gasteiger partial charge >= 0.3 is 0 Å². The van der Waals surface area contributed by atoms with Gasteiger partial charge in [0.2, 0.25) is 0 Å². The van der Waals surface area contributed by atoms with Gasteiger partial charge in [-0.05, 0) is 60.1 Å². The van der Waals surface area contributed by atoms with E-state index in [1.54, 1.807) is 14.2 Å². The van der Waals surface area contributed by atoms with E-state index in [1.165, 1.54) is 11.1 Å². The Bertz CT molecular complexity index is 583. The highest BCUT2D eigenvalue weighted by Crippen LogP contribution is 2.29. The molecule has 1 aliphatic heterocycles. The molecule has 3 nitrogen and oxygen atoms in total. The fourth-order valence-corrected chi connectivity index (χ4v) is 3.30. The van der Waals surface area contributed by atoms with Crippen LogP contribution in [0.3, 0.4) is 0 Å². The smallest absolute Gasteiger partial charge is 0.119 e. The first-order valence-corrected chi connectivity index (χ1v) is 8.12. The van der Waals surface area contributed by atoms with E-state index in [4.69, 9.17) is 14.2 Å². The number of ether oxygens (including phenoxy) is 3. The van der Waals surface area contributed by atoms with Crippen molar-refractivity contribution in [3.05, 3.63) is 59.7 Å². The lowest BCUT2D eigenvalue weighted by Gasteiger charge is -2.18. The lowest BCUT2D eigenvalue weighted by Crippen LogP contribution is -2.17. The van der Waals surface area contributed by atoms with Gasteiger partial charge in [0, 0.05) is 0 Å². The third-order valence-electron chi connectivity index (χ3n) is 4.59. The van der Waals surface area contributed by atoms with Crippen molar-refractivity contribution >= 4 is 0 Å². The fourth-order valence-electron chi connectivity index (χ4n) is 3.30. The molecule has 1 saturated heterocycles. The van der Waals surface area contributed by atoms with Gasteiger partial charge in [0.25, 0.3) is 0 Å². The van der Waals surface area contributed by atoms with Crippen LogP contribution in [0.25, 0.3) is 0 Å². The lowest BCUT2D eigenvalue weighted by atomic mass is 9.85. The van der Waals surface area contributed by atoms with Crippen molar-refractivity contribution < 1.29 is 14.2 Å². The first kappa shape index (κ1) is 15.9. The SMILES string of the molecule is COc1cccc(C[C@H]2COC[C@@H]2Cc2cccc(OC)c2)c1. The minimum absolute atomic E-state index is 0.549. The average molecular weight is 312 g/mol. The van der Waals surface area contributed by atoms with E-state index in [0.717, 1.165) is 37.6 Å². The number of rotatable bonds is 6. The van der Waals surface area contributed by atoms with Crippen molar-refractivity contribution in [1.29, 1.82) is 0 Å². The van der Waals surface area contributed by atoms with Gasteiger partial charge in [-0.2, -0.15) is 0 Å². The number of hydrogen-bond acceptors (Lipinski definition) is 3. The Balaban J connectivity index is 1.67. The van der Waals surface area contributed by atoms with Gasteiger partial charge in [-0.25, -0.2) is 0 Å². The van der Waals surface area contributed by atoms with Crippen LogP contribution in [0, 0.1) is 11.8 Å². The zero-order valence-electron chi connectivity index (χ0n) is 13.8. The molecule has 0 saturated carbocycles. The zero-order valence-corrected chi connectivity index (χ0v) is 13.8. The summed E-state index contributed by atoms with van der Waals surface area (Å²) in [5, 5.41) is 0. The third-order valence-corrected chi connectivity index (χ3v) is 4.59. The minimum Gasteiger partial charge on any atom is -0.497 e. The van der Waals surface area contributed by atoms with Gasteiger partial charge in [-0.15, -0.1) is 0 Å². The molecule has 0 spiro atoms. The van der Waals surface area contributed by atoms with Crippen molar-refractivity contribution in [2.45, 2.75) is 12.8 Å². The second-order valence-corrected chi connectivity index (χ2v) is 6.17. The Hall–Kier alpha value is -2.00. The standard InChI is InChI=1S/C20H24O3/c1-21-19-7-3-5-15(11-19)9-17-13-23-14-18(17)10-16-6-4-8-20(12-16)22-2/h3-8,11-12,17-18H,9-10,13-14H2,1-2H3/t17-,18-/m0/s1. The Kier molecular flexibility index (Phi) is 5.19. The molecule has 3 rings (SSSR count). The van der Waals surface area contributed by atoms with Gasteiger partial charge in [-0.1, -0.05) is 24.3 Å². The van der Waals surface area contributed by atoms with Gasteiger partial charge in [-0.3, -0.25) is 0 Å². The van der Waals surface area contributed by atoms with Crippen LogP contribution in [-0.4, -0.2) is 27.4 Å². The van der Waals surface area contributed by atoms with E-state index >= 15 is 0 Å². The Morgan fingerprint density at radius 1 is 0.826 bits per heavy atom. The number of methoxy groups -OCH3 is 2. The lowest BCUT2D eigenvalue weighted by molar-refractivity contribution is 0.180. The Morgan fingerprint density at radius 3 is 1.74 bits per heavy atom. The van der Waals surface area contributed by atoms with Crippen molar-refractivity contribution in [3.63, 3.8) is 0 Å². The molecule has 2 aromatic carbocycles. The molecule has 3 heteroatoms. The molecule has 0 amide bonds. The summed E-state index contributed by atoms with van der Waals surface area (Å²) >= 11 is 0. The molecule has 0 N–H and O–H groups in total. The minimum atomic E-state index is 0.549. The molecule has 0 aromatic heterocycles. The van der Waals surface area contributed by atoms with Crippen LogP contribution in [0.1, 0.15) is 11.1 Å². The average Bonchev–Trinajstić information content (AvgIpc) is 3.02. The Labute approximate surface area is 138 Å². The van der Waals surface area contributed by atoms with Crippen molar-refractivity contribution in [2.24, 2.45) is 11.8 Å². The van der Waals surface area contributed by atoms with Crippen LogP contribution in [-0.2, 0) is 17.6 Å². The highest BCUT2D eigenvalue weighted by atomic mass is 16.5. The van der Waals surface area contributed by atoms with E-state index in [-0.39, 0.29) is 0 Å². The molecule has 23 heavy (non-hydrogen) atoms. The predicted molar refractivity (Wildman–Crippen MR) is 91.2 cm³/mol. The molecular weight excluding hydrogens is 288 g/mol. The molecule has 1 fully saturated rings. The van der Waals surface area contributed by atoms with Crippen LogP contribution in [0.4, 0.5) is 0 Å². The first-order chi connectivity index (χ1) is 11.3. The maximum absolute atomic E-state index is 5.76. The fraction of sp³-hybridized carbons (Fsp3) is 0.400. The summed E-state index contributed by atoms with van der Waals surface area (Å²) in [6, 6.07) is 16.7. The largest absolute Gasteiger partial charge is 0.497 e. The van der Waals surface area contributed by atoms with E-state index < -0.39 is 0 Å². The van der Waals surface area contributed by atoms with Crippen molar-refractivity contribution in [3.8, 4) is 11.5 Å². The topological polar surface area (TPSA) is 27.7 Å². The molecule has 0 aliphatic carbocycles. The maximum atomic E-state index is 5.76. The van der Waals surface area contributed by atoms with Crippen LogP contribution < -0.4 is 9.47 Å². The molecule has 0 radical (unpaired) electrons. The van der Waals surface area contributed by atoms with Gasteiger partial charge in [0.15, 0.2) is 0 Å². The van der Waals surface area contributed by atoms with Crippen LogP contribution in [0.15, 0.2) is 48.5 Å². The highest BCUT2D eigenvalue weighted by Gasteiger charge is 2.28. The van der Waals surface area contributed by atoms with Crippen molar-refractivity contribution in [2.75, 3.05) is 27.4 Å². The predicted octanol–water partition coefficient (Wildman–Crippen LogP) is 3.75. The third kappa shape index (κ3) is 4.05. The maximum Gasteiger partial charge on any atom is 0.119 e. The monoisotopic (exact) mass is 312 g/mol. The summed E-state index contributed by atoms with van der Waals surface area (Å²) in [7, 11) is 3.42. The second-order valence-electron chi connectivity index (χ2n) is 6.17. The summed E-state index contributed by atoms with van der Waals surface area (Å²) < 4.78 is 16.4. The molecule has 2 aromatic rings. The van der Waals surface area contributed by atoms with Crippen LogP contribution in [0.2, 0.25) is 0 Å². The van der Waals surface area contributed by atoms with Gasteiger partial charge < -0.3 is 14.2 Å². The van der Waals surface area contributed by atoms with Crippen LogP contribution in [0.5, 0.6) is 11.5 Å². The molecule has 0 bridgehead atoms. The molecule has 2 atom stereocenters. The summed E-state index contributed by atoms with van der Waals surface area (Å²) in [4.78, 5) is 0.